The lowest BCUT2D eigenvalue weighted by atomic mass is 9.81. The van der Waals surface area contributed by atoms with Gasteiger partial charge in [0.25, 0.3) is 0 Å². The first-order valence-corrected chi connectivity index (χ1v) is 5.35. The number of carbonyl (C=O) groups is 2. The molecule has 0 unspecified atom stereocenters. The third-order valence-electron chi connectivity index (χ3n) is 2.89. The van der Waals surface area contributed by atoms with E-state index in [1.165, 1.54) is 0 Å². The van der Waals surface area contributed by atoms with Crippen molar-refractivity contribution in [1.29, 1.82) is 0 Å². The van der Waals surface area contributed by atoms with E-state index in [0.717, 1.165) is 0 Å². The van der Waals surface area contributed by atoms with Crippen LogP contribution in [0.25, 0.3) is 0 Å². The lowest BCUT2D eigenvalue weighted by Crippen LogP contribution is -2.36. The van der Waals surface area contributed by atoms with E-state index in [1.54, 1.807) is 0 Å². The SMILES string of the molecule is NCCNC(=O)C1CCC(C(=O)O)CC1. The fraction of sp³-hybridized carbons (Fsp3) is 0.800. The molecular weight excluding hydrogens is 196 g/mol. The third-order valence-corrected chi connectivity index (χ3v) is 2.89. The maximum absolute atomic E-state index is 11.5. The summed E-state index contributed by atoms with van der Waals surface area (Å²) in [6.07, 6.45) is 2.56. The second-order valence-electron chi connectivity index (χ2n) is 3.97. The van der Waals surface area contributed by atoms with E-state index in [2.05, 4.69) is 5.32 Å². The molecule has 0 saturated heterocycles. The molecule has 15 heavy (non-hydrogen) atoms. The van der Waals surface area contributed by atoms with Gasteiger partial charge in [0.2, 0.25) is 5.91 Å². The van der Waals surface area contributed by atoms with E-state index in [0.29, 0.717) is 38.8 Å². The second-order valence-corrected chi connectivity index (χ2v) is 3.97. The molecule has 1 rings (SSSR count). The van der Waals surface area contributed by atoms with Crippen molar-refractivity contribution in [2.45, 2.75) is 25.7 Å². The minimum atomic E-state index is -0.740. The summed E-state index contributed by atoms with van der Waals surface area (Å²) in [4.78, 5) is 22.2. The summed E-state index contributed by atoms with van der Waals surface area (Å²) in [6, 6.07) is 0. The van der Waals surface area contributed by atoms with Gasteiger partial charge in [-0.2, -0.15) is 0 Å². The molecule has 1 amide bonds. The number of amides is 1. The number of hydrogen-bond donors (Lipinski definition) is 3. The Labute approximate surface area is 89.0 Å². The van der Waals surface area contributed by atoms with Crippen LogP contribution in [-0.4, -0.2) is 30.1 Å². The number of aliphatic carboxylic acids is 1. The molecule has 0 aromatic carbocycles. The van der Waals surface area contributed by atoms with Gasteiger partial charge in [0.05, 0.1) is 5.92 Å². The van der Waals surface area contributed by atoms with Crippen LogP contribution in [0.4, 0.5) is 0 Å². The summed E-state index contributed by atoms with van der Waals surface area (Å²) in [5.74, 6) is -1.00. The number of nitrogens with two attached hydrogens (primary N) is 1. The number of hydrogen-bond acceptors (Lipinski definition) is 3. The van der Waals surface area contributed by atoms with Crippen molar-refractivity contribution in [1.82, 2.24) is 5.32 Å². The highest BCUT2D eigenvalue weighted by Crippen LogP contribution is 2.28. The average Bonchev–Trinajstić information content (AvgIpc) is 2.26. The molecule has 0 aromatic rings. The second kappa shape index (κ2) is 5.70. The molecule has 1 aliphatic carbocycles. The van der Waals surface area contributed by atoms with E-state index in [4.69, 9.17) is 10.8 Å². The molecular formula is C10H18N2O3. The molecule has 0 radical (unpaired) electrons. The lowest BCUT2D eigenvalue weighted by Gasteiger charge is -2.25. The zero-order valence-corrected chi connectivity index (χ0v) is 8.74. The zero-order chi connectivity index (χ0) is 11.3. The van der Waals surface area contributed by atoms with Crippen LogP contribution in [0.5, 0.6) is 0 Å². The first-order valence-electron chi connectivity index (χ1n) is 5.35. The van der Waals surface area contributed by atoms with E-state index in [9.17, 15) is 9.59 Å². The van der Waals surface area contributed by atoms with Gasteiger partial charge in [-0.1, -0.05) is 0 Å². The summed E-state index contributed by atoms with van der Waals surface area (Å²) in [5.41, 5.74) is 5.28. The monoisotopic (exact) mass is 214 g/mol. The quantitative estimate of drug-likeness (QED) is 0.612. The van der Waals surface area contributed by atoms with Crippen molar-refractivity contribution in [3.8, 4) is 0 Å². The predicted octanol–water partition coefficient (Wildman–Crippen LogP) is -0.0477. The molecule has 0 aromatic heterocycles. The van der Waals surface area contributed by atoms with E-state index >= 15 is 0 Å². The highest BCUT2D eigenvalue weighted by atomic mass is 16.4. The normalized spacial score (nSPS) is 25.9. The lowest BCUT2D eigenvalue weighted by molar-refractivity contribution is -0.144. The Morgan fingerprint density at radius 2 is 1.73 bits per heavy atom. The van der Waals surface area contributed by atoms with Crippen LogP contribution in [-0.2, 0) is 9.59 Å². The van der Waals surface area contributed by atoms with Crippen LogP contribution in [0.15, 0.2) is 0 Å². The number of rotatable bonds is 4. The summed E-state index contributed by atoms with van der Waals surface area (Å²) in [7, 11) is 0. The average molecular weight is 214 g/mol. The Morgan fingerprint density at radius 1 is 1.20 bits per heavy atom. The fourth-order valence-electron chi connectivity index (χ4n) is 1.94. The highest BCUT2D eigenvalue weighted by molar-refractivity contribution is 5.79. The van der Waals surface area contributed by atoms with Gasteiger partial charge in [0.15, 0.2) is 0 Å². The van der Waals surface area contributed by atoms with Crippen LogP contribution < -0.4 is 11.1 Å². The van der Waals surface area contributed by atoms with E-state index in [1.807, 2.05) is 0 Å². The maximum Gasteiger partial charge on any atom is 0.306 e. The van der Waals surface area contributed by atoms with Crippen molar-refractivity contribution in [3.05, 3.63) is 0 Å². The minimum absolute atomic E-state index is 0.0179. The van der Waals surface area contributed by atoms with Gasteiger partial charge in [-0.25, -0.2) is 0 Å². The van der Waals surface area contributed by atoms with Crippen LogP contribution in [0.2, 0.25) is 0 Å². The van der Waals surface area contributed by atoms with Gasteiger partial charge in [-0.05, 0) is 25.7 Å². The first kappa shape index (κ1) is 12.0. The Morgan fingerprint density at radius 3 is 2.20 bits per heavy atom. The van der Waals surface area contributed by atoms with Gasteiger partial charge in [0, 0.05) is 19.0 Å². The molecule has 1 fully saturated rings. The first-order chi connectivity index (χ1) is 7.15. The molecule has 0 aliphatic heterocycles. The van der Waals surface area contributed by atoms with Crippen LogP contribution >= 0.6 is 0 Å². The summed E-state index contributed by atoms with van der Waals surface area (Å²) in [6.45, 7) is 0.938. The fourth-order valence-corrected chi connectivity index (χ4v) is 1.94. The molecule has 86 valence electrons. The molecule has 1 saturated carbocycles. The van der Waals surface area contributed by atoms with Crippen molar-refractivity contribution < 1.29 is 14.7 Å². The van der Waals surface area contributed by atoms with Crippen molar-refractivity contribution in [2.24, 2.45) is 17.6 Å². The molecule has 0 bridgehead atoms. The zero-order valence-electron chi connectivity index (χ0n) is 8.74. The number of nitrogens with one attached hydrogen (secondary N) is 1. The van der Waals surface area contributed by atoms with Gasteiger partial charge < -0.3 is 16.2 Å². The summed E-state index contributed by atoms with van der Waals surface area (Å²) < 4.78 is 0. The largest absolute Gasteiger partial charge is 0.481 e. The molecule has 0 heterocycles. The molecule has 1 aliphatic rings. The number of carboxylic acids is 1. The van der Waals surface area contributed by atoms with Crippen molar-refractivity contribution in [2.75, 3.05) is 13.1 Å². The summed E-state index contributed by atoms with van der Waals surface area (Å²) in [5, 5.41) is 11.5. The van der Waals surface area contributed by atoms with Crippen LogP contribution in [0, 0.1) is 11.8 Å². The van der Waals surface area contributed by atoms with Crippen molar-refractivity contribution in [3.63, 3.8) is 0 Å². The summed E-state index contributed by atoms with van der Waals surface area (Å²) >= 11 is 0. The maximum atomic E-state index is 11.5. The third kappa shape index (κ3) is 3.51. The van der Waals surface area contributed by atoms with E-state index < -0.39 is 5.97 Å². The number of carbonyl (C=O) groups excluding carboxylic acids is 1. The Hall–Kier alpha value is -1.10. The number of carboxylic acid groups (broad SMARTS) is 1. The molecule has 0 atom stereocenters. The van der Waals surface area contributed by atoms with Crippen molar-refractivity contribution >= 4 is 11.9 Å². The van der Waals surface area contributed by atoms with Gasteiger partial charge >= 0.3 is 5.97 Å². The molecule has 4 N–H and O–H groups in total. The van der Waals surface area contributed by atoms with Crippen LogP contribution in [0.1, 0.15) is 25.7 Å². The van der Waals surface area contributed by atoms with E-state index in [-0.39, 0.29) is 17.7 Å². The predicted molar refractivity (Wildman–Crippen MR) is 55.1 cm³/mol. The Kier molecular flexibility index (Phi) is 4.55. The van der Waals surface area contributed by atoms with Gasteiger partial charge in [0.1, 0.15) is 0 Å². The molecule has 5 nitrogen and oxygen atoms in total. The minimum Gasteiger partial charge on any atom is -0.481 e. The van der Waals surface area contributed by atoms with Gasteiger partial charge in [-0.3, -0.25) is 9.59 Å². The van der Waals surface area contributed by atoms with Crippen LogP contribution in [0.3, 0.4) is 0 Å². The molecule has 5 heteroatoms. The highest BCUT2D eigenvalue weighted by Gasteiger charge is 2.29. The topological polar surface area (TPSA) is 92.4 Å². The standard InChI is InChI=1S/C10H18N2O3/c11-5-6-12-9(13)7-1-3-8(4-2-7)10(14)15/h7-8H,1-6,11H2,(H,12,13)(H,14,15). The Bertz CT molecular complexity index is 235. The smallest absolute Gasteiger partial charge is 0.306 e. The Balaban J connectivity index is 2.30. The van der Waals surface area contributed by atoms with Gasteiger partial charge in [-0.15, -0.1) is 0 Å². The molecule has 0 spiro atoms.